The Kier molecular flexibility index (Phi) is 5.40. The van der Waals surface area contributed by atoms with Crippen LogP contribution in [0.25, 0.3) is 0 Å². The van der Waals surface area contributed by atoms with Crippen molar-refractivity contribution in [3.8, 4) is 0 Å². The first-order valence-corrected chi connectivity index (χ1v) is 4.34. The molecule has 0 saturated heterocycles. The largest absolute Gasteiger partial charge is 0.492 e. The van der Waals surface area contributed by atoms with E-state index in [2.05, 4.69) is 0 Å². The maximum Gasteiger partial charge on any atom is 0.492 e. The number of likely N-dealkylation sites (N-methyl/N-ethyl adjacent to an activating group) is 1. The van der Waals surface area contributed by atoms with Crippen molar-refractivity contribution in [3.63, 3.8) is 0 Å². The lowest BCUT2D eigenvalue weighted by Gasteiger charge is -2.31. The molecule has 0 rings (SSSR count). The summed E-state index contributed by atoms with van der Waals surface area (Å²) in [5.74, 6) is 0. The Bertz CT molecular complexity index is 142. The molecule has 0 aromatic rings. The Hall–Kier alpha value is -0.225. The van der Waals surface area contributed by atoms with Crippen LogP contribution in [0.1, 0.15) is 13.8 Å². The summed E-state index contributed by atoms with van der Waals surface area (Å²) < 4.78 is 41.0. The Balaban J connectivity index is 4.01. The first kappa shape index (κ1) is 12.8. The molecule has 1 atom stereocenters. The van der Waals surface area contributed by atoms with E-state index in [9.17, 15) is 12.9 Å². The number of halogens is 3. The normalized spacial score (nSPS) is 15.0. The molecule has 80 valence electrons. The Labute approximate surface area is 77.1 Å². The predicted octanol–water partition coefficient (Wildman–Crippen LogP) is 1.73. The third kappa shape index (κ3) is 5.93. The fraction of sp³-hybridized carbons (Fsp3) is 1.00. The van der Waals surface area contributed by atoms with Crippen LogP contribution in [0.5, 0.6) is 0 Å². The fourth-order valence-corrected chi connectivity index (χ4v) is 1.23. The summed E-state index contributed by atoms with van der Waals surface area (Å²) in [5, 5.41) is 0. The maximum absolute atomic E-state index is 12.1. The van der Waals surface area contributed by atoms with E-state index in [0.717, 1.165) is 0 Å². The van der Waals surface area contributed by atoms with Crippen molar-refractivity contribution in [1.29, 1.82) is 0 Å². The van der Waals surface area contributed by atoms with Gasteiger partial charge in [0.2, 0.25) is 0 Å². The van der Waals surface area contributed by atoms with E-state index >= 15 is 0 Å². The zero-order valence-electron chi connectivity index (χ0n) is 8.27. The molecular weight excluding hydrogens is 182 g/mol. The van der Waals surface area contributed by atoms with Crippen LogP contribution < -0.4 is 0 Å². The number of rotatable bonds is 6. The van der Waals surface area contributed by atoms with Crippen molar-refractivity contribution >= 4 is 6.98 Å². The molecule has 0 aliphatic rings. The Morgan fingerprint density at radius 3 is 2.23 bits per heavy atom. The van der Waals surface area contributed by atoms with E-state index in [1.165, 1.54) is 12.0 Å². The van der Waals surface area contributed by atoms with Gasteiger partial charge in [0.05, 0.1) is 6.61 Å². The Morgan fingerprint density at radius 2 is 1.92 bits per heavy atom. The van der Waals surface area contributed by atoms with E-state index in [4.69, 9.17) is 4.74 Å². The van der Waals surface area contributed by atoms with E-state index in [0.29, 0.717) is 13.2 Å². The van der Waals surface area contributed by atoms with Crippen molar-refractivity contribution in [3.05, 3.63) is 0 Å². The number of ether oxygens (including phenoxy) is 1. The molecule has 0 fully saturated rings. The van der Waals surface area contributed by atoms with E-state index in [1.54, 1.807) is 13.8 Å². The highest BCUT2D eigenvalue weighted by Crippen LogP contribution is 2.12. The molecule has 0 spiro atoms. The van der Waals surface area contributed by atoms with Crippen LogP contribution in [0.15, 0.2) is 0 Å². The Morgan fingerprint density at radius 1 is 1.38 bits per heavy atom. The lowest BCUT2D eigenvalue weighted by molar-refractivity contribution is 0.108. The van der Waals surface area contributed by atoms with Gasteiger partial charge >= 0.3 is 6.98 Å². The highest BCUT2D eigenvalue weighted by Gasteiger charge is 2.27. The van der Waals surface area contributed by atoms with Crippen LogP contribution in [0.2, 0.25) is 0 Å². The van der Waals surface area contributed by atoms with Gasteiger partial charge in [-0.25, -0.2) is 0 Å². The number of nitrogens with zero attached hydrogens (tertiary/aromatic N) is 1. The van der Waals surface area contributed by atoms with E-state index in [1.807, 2.05) is 0 Å². The summed E-state index contributed by atoms with van der Waals surface area (Å²) >= 11 is 0. The average Bonchev–Trinajstić information content (AvgIpc) is 1.99. The minimum absolute atomic E-state index is 0.182. The molecule has 0 N–H and O–H groups in total. The summed E-state index contributed by atoms with van der Waals surface area (Å²) in [5.41, 5.74) is 0. The van der Waals surface area contributed by atoms with Gasteiger partial charge < -0.3 is 22.6 Å². The van der Waals surface area contributed by atoms with Gasteiger partial charge in [-0.1, -0.05) is 6.92 Å². The lowest BCUT2D eigenvalue weighted by Crippen LogP contribution is -2.44. The maximum atomic E-state index is 12.1. The van der Waals surface area contributed by atoms with E-state index in [-0.39, 0.29) is 6.04 Å². The molecule has 0 saturated carbocycles. The second-order valence-corrected chi connectivity index (χ2v) is 3.10. The van der Waals surface area contributed by atoms with Gasteiger partial charge in [-0.05, 0) is 19.9 Å². The average molecular weight is 198 g/mol. The van der Waals surface area contributed by atoms with Gasteiger partial charge in [0.25, 0.3) is 0 Å². The van der Waals surface area contributed by atoms with Crippen molar-refractivity contribution < 1.29 is 17.7 Å². The van der Waals surface area contributed by atoms with E-state index < -0.39 is 13.4 Å². The molecule has 0 aromatic carbocycles. The number of hydrogen-bond acceptors (Lipinski definition) is 2. The highest BCUT2D eigenvalue weighted by molar-refractivity contribution is 6.58. The van der Waals surface area contributed by atoms with Gasteiger partial charge in [0.1, 0.15) is 0 Å². The smallest absolute Gasteiger partial charge is 0.448 e. The van der Waals surface area contributed by atoms with Gasteiger partial charge in [0, 0.05) is 13.2 Å². The lowest BCUT2D eigenvalue weighted by atomic mass is 9.90. The monoisotopic (exact) mass is 198 g/mol. The zero-order valence-corrected chi connectivity index (χ0v) is 8.27. The van der Waals surface area contributed by atoms with Crippen LogP contribution in [0.3, 0.4) is 0 Å². The molecular formula is C7H16BF3NO-. The van der Waals surface area contributed by atoms with Crippen LogP contribution in [0.4, 0.5) is 12.9 Å². The molecule has 0 amide bonds. The topological polar surface area (TPSA) is 12.5 Å². The molecule has 13 heavy (non-hydrogen) atoms. The third-order valence-electron chi connectivity index (χ3n) is 1.88. The van der Waals surface area contributed by atoms with Crippen LogP contribution >= 0.6 is 0 Å². The van der Waals surface area contributed by atoms with Crippen molar-refractivity contribution in [2.24, 2.45) is 0 Å². The molecule has 0 radical (unpaired) electrons. The molecule has 0 aliphatic heterocycles. The van der Waals surface area contributed by atoms with Crippen LogP contribution in [0, 0.1) is 0 Å². The summed E-state index contributed by atoms with van der Waals surface area (Å²) in [6, 6.07) is -0.182. The predicted molar refractivity (Wildman–Crippen MR) is 47.7 cm³/mol. The molecule has 0 aromatic heterocycles. The second kappa shape index (κ2) is 5.49. The fourth-order valence-electron chi connectivity index (χ4n) is 1.23. The number of hydrogen-bond donors (Lipinski definition) is 0. The standard InChI is InChI=1S/C7H16BF3NO/c1-4-12(6-8(9,10)11)7(2)5-13-3/h7H,4-6H2,1-3H3/q-1. The molecule has 0 heterocycles. The van der Waals surface area contributed by atoms with Crippen LogP contribution in [-0.2, 0) is 4.74 Å². The minimum atomic E-state index is -4.73. The SMILES string of the molecule is CCN(C[B-](F)(F)F)C(C)COC. The number of methoxy groups -OCH3 is 1. The summed E-state index contributed by atoms with van der Waals surface area (Å²) in [6.07, 6.45) is -0.805. The van der Waals surface area contributed by atoms with Gasteiger partial charge in [-0.3, -0.25) is 0 Å². The summed E-state index contributed by atoms with van der Waals surface area (Å²) in [4.78, 5) is 1.36. The minimum Gasteiger partial charge on any atom is -0.448 e. The first-order valence-electron chi connectivity index (χ1n) is 4.34. The van der Waals surface area contributed by atoms with Crippen molar-refractivity contribution in [1.82, 2.24) is 4.90 Å². The molecule has 0 bridgehead atoms. The van der Waals surface area contributed by atoms with Crippen LogP contribution in [-0.4, -0.2) is 44.6 Å². The van der Waals surface area contributed by atoms with Gasteiger partial charge in [0.15, 0.2) is 0 Å². The molecule has 6 heteroatoms. The quantitative estimate of drug-likeness (QED) is 0.602. The molecule has 2 nitrogen and oxygen atoms in total. The molecule has 1 unspecified atom stereocenters. The van der Waals surface area contributed by atoms with Gasteiger partial charge in [-0.15, -0.1) is 0 Å². The summed E-state index contributed by atoms with van der Waals surface area (Å²) in [7, 11) is 1.49. The second-order valence-electron chi connectivity index (χ2n) is 3.10. The van der Waals surface area contributed by atoms with Crippen molar-refractivity contribution in [2.45, 2.75) is 19.9 Å². The first-order chi connectivity index (χ1) is 5.90. The molecule has 0 aliphatic carbocycles. The zero-order chi connectivity index (χ0) is 10.5. The van der Waals surface area contributed by atoms with Crippen molar-refractivity contribution in [2.75, 3.05) is 26.7 Å². The third-order valence-corrected chi connectivity index (χ3v) is 1.88. The van der Waals surface area contributed by atoms with Gasteiger partial charge in [-0.2, -0.15) is 0 Å². The highest BCUT2D eigenvalue weighted by atomic mass is 19.4. The summed E-state index contributed by atoms with van der Waals surface area (Å²) in [6.45, 7) is -0.553.